The number of hydrogen-bond acceptors (Lipinski definition) is 2. The zero-order valence-corrected chi connectivity index (χ0v) is 10.9. The van der Waals surface area contributed by atoms with Crippen molar-refractivity contribution in [1.82, 2.24) is 5.43 Å². The molecule has 1 amide bonds. The van der Waals surface area contributed by atoms with Crippen molar-refractivity contribution in [3.63, 3.8) is 0 Å². The monoisotopic (exact) mass is 236 g/mol. The molecule has 96 valence electrons. The molecule has 1 atom stereocenters. The van der Waals surface area contributed by atoms with E-state index in [9.17, 15) is 4.79 Å². The third kappa shape index (κ3) is 3.83. The van der Waals surface area contributed by atoms with Gasteiger partial charge in [0.15, 0.2) is 0 Å². The Bertz CT molecular complexity index is 293. The lowest BCUT2D eigenvalue weighted by Gasteiger charge is -2.21. The van der Waals surface area contributed by atoms with E-state index in [4.69, 9.17) is 0 Å². The maximum atomic E-state index is 11.9. The summed E-state index contributed by atoms with van der Waals surface area (Å²) in [5.74, 6) is 1.10. The Morgan fingerprint density at radius 3 is 2.65 bits per heavy atom. The van der Waals surface area contributed by atoms with Gasteiger partial charge in [0.2, 0.25) is 5.91 Å². The topological polar surface area (TPSA) is 41.5 Å². The Kier molecular flexibility index (Phi) is 4.57. The van der Waals surface area contributed by atoms with Crippen LogP contribution in [0.4, 0.5) is 0 Å². The predicted molar refractivity (Wildman–Crippen MR) is 69.8 cm³/mol. The van der Waals surface area contributed by atoms with Crippen LogP contribution in [0.2, 0.25) is 0 Å². The number of amides is 1. The van der Waals surface area contributed by atoms with Crippen molar-refractivity contribution in [1.29, 1.82) is 0 Å². The van der Waals surface area contributed by atoms with Gasteiger partial charge in [0.25, 0.3) is 0 Å². The van der Waals surface area contributed by atoms with Gasteiger partial charge in [-0.05, 0) is 44.4 Å². The summed E-state index contributed by atoms with van der Waals surface area (Å²) in [6, 6.07) is 0. The van der Waals surface area contributed by atoms with E-state index in [1.54, 1.807) is 0 Å². The third-order valence-corrected chi connectivity index (χ3v) is 4.05. The molecule has 0 aromatic heterocycles. The number of hydrazone groups is 1. The maximum absolute atomic E-state index is 11.9. The molecule has 2 aliphatic rings. The van der Waals surface area contributed by atoms with Gasteiger partial charge in [-0.25, -0.2) is 5.43 Å². The fourth-order valence-corrected chi connectivity index (χ4v) is 2.95. The fraction of sp³-hybridized carbons (Fsp3) is 0.857. The molecule has 2 fully saturated rings. The molecule has 0 spiro atoms. The molecule has 3 heteroatoms. The summed E-state index contributed by atoms with van der Waals surface area (Å²) in [6.07, 6.45) is 10.4. The standard InChI is InChI=1S/C14H24N2O/c1-11-6-5-9-13(10-11)15-16-14(17)12-7-3-2-4-8-12/h11-12H,2-10H2,1H3,(H,16,17)/b15-13-. The van der Waals surface area contributed by atoms with Crippen molar-refractivity contribution >= 4 is 11.6 Å². The van der Waals surface area contributed by atoms with Crippen LogP contribution in [-0.2, 0) is 4.79 Å². The second-order valence-electron chi connectivity index (χ2n) is 5.69. The number of carbonyl (C=O) groups excluding carboxylic acids is 1. The smallest absolute Gasteiger partial charge is 0.243 e. The van der Waals surface area contributed by atoms with Crippen LogP contribution in [-0.4, -0.2) is 11.6 Å². The molecule has 0 aliphatic heterocycles. The average molecular weight is 236 g/mol. The molecule has 17 heavy (non-hydrogen) atoms. The van der Waals surface area contributed by atoms with Crippen molar-refractivity contribution in [2.75, 3.05) is 0 Å². The van der Waals surface area contributed by atoms with Crippen LogP contribution < -0.4 is 5.43 Å². The first-order chi connectivity index (χ1) is 8.25. The Morgan fingerprint density at radius 1 is 1.18 bits per heavy atom. The fourth-order valence-electron chi connectivity index (χ4n) is 2.95. The van der Waals surface area contributed by atoms with Crippen LogP contribution in [0.3, 0.4) is 0 Å². The predicted octanol–water partition coefficient (Wildman–Crippen LogP) is 3.25. The van der Waals surface area contributed by atoms with E-state index < -0.39 is 0 Å². The van der Waals surface area contributed by atoms with Crippen LogP contribution in [0, 0.1) is 11.8 Å². The van der Waals surface area contributed by atoms with Gasteiger partial charge in [-0.1, -0.05) is 26.2 Å². The second-order valence-corrected chi connectivity index (χ2v) is 5.69. The van der Waals surface area contributed by atoms with Crippen LogP contribution in [0.5, 0.6) is 0 Å². The Balaban J connectivity index is 1.79. The summed E-state index contributed by atoms with van der Waals surface area (Å²) >= 11 is 0. The normalized spacial score (nSPS) is 29.2. The first-order valence-corrected chi connectivity index (χ1v) is 7.11. The first-order valence-electron chi connectivity index (χ1n) is 7.11. The highest BCUT2D eigenvalue weighted by Gasteiger charge is 2.21. The summed E-state index contributed by atoms with van der Waals surface area (Å²) in [6.45, 7) is 2.26. The summed E-state index contributed by atoms with van der Waals surface area (Å²) in [5, 5.41) is 4.33. The minimum Gasteiger partial charge on any atom is -0.273 e. The van der Waals surface area contributed by atoms with E-state index in [2.05, 4.69) is 17.5 Å². The number of nitrogens with zero attached hydrogens (tertiary/aromatic N) is 1. The van der Waals surface area contributed by atoms with E-state index in [1.165, 1.54) is 37.8 Å². The van der Waals surface area contributed by atoms with Crippen molar-refractivity contribution in [3.05, 3.63) is 0 Å². The van der Waals surface area contributed by atoms with Crippen LogP contribution in [0.25, 0.3) is 0 Å². The number of rotatable bonds is 2. The molecular formula is C14H24N2O. The number of carbonyl (C=O) groups is 1. The van der Waals surface area contributed by atoms with Gasteiger partial charge in [0, 0.05) is 11.6 Å². The average Bonchev–Trinajstić information content (AvgIpc) is 2.37. The summed E-state index contributed by atoms with van der Waals surface area (Å²) < 4.78 is 0. The van der Waals surface area contributed by atoms with E-state index in [0.717, 1.165) is 31.6 Å². The highest BCUT2D eigenvalue weighted by molar-refractivity contribution is 5.87. The molecule has 0 heterocycles. The van der Waals surface area contributed by atoms with Crippen LogP contribution >= 0.6 is 0 Å². The zero-order chi connectivity index (χ0) is 12.1. The van der Waals surface area contributed by atoms with E-state index in [0.29, 0.717) is 0 Å². The van der Waals surface area contributed by atoms with Crippen molar-refractivity contribution < 1.29 is 4.79 Å². The quantitative estimate of drug-likeness (QED) is 0.735. The van der Waals surface area contributed by atoms with Gasteiger partial charge in [0.05, 0.1) is 0 Å². The molecule has 0 bridgehead atoms. The minimum absolute atomic E-state index is 0.149. The summed E-state index contributed by atoms with van der Waals surface area (Å²) in [5.41, 5.74) is 3.98. The molecule has 0 aromatic rings. The zero-order valence-electron chi connectivity index (χ0n) is 10.9. The van der Waals surface area contributed by atoms with Crippen LogP contribution in [0.15, 0.2) is 5.10 Å². The van der Waals surface area contributed by atoms with E-state index in [-0.39, 0.29) is 11.8 Å². The van der Waals surface area contributed by atoms with Gasteiger partial charge in [0.1, 0.15) is 0 Å². The third-order valence-electron chi connectivity index (χ3n) is 4.05. The lowest BCUT2D eigenvalue weighted by atomic mass is 9.89. The van der Waals surface area contributed by atoms with Crippen molar-refractivity contribution in [3.8, 4) is 0 Å². The van der Waals surface area contributed by atoms with E-state index in [1.807, 2.05) is 0 Å². The maximum Gasteiger partial charge on any atom is 0.243 e. The molecule has 0 radical (unpaired) electrons. The molecule has 0 aromatic carbocycles. The Labute approximate surface area is 104 Å². The molecule has 3 nitrogen and oxygen atoms in total. The number of nitrogens with one attached hydrogen (secondary N) is 1. The molecule has 2 aliphatic carbocycles. The lowest BCUT2D eigenvalue weighted by Crippen LogP contribution is -2.29. The first kappa shape index (κ1) is 12.6. The van der Waals surface area contributed by atoms with E-state index >= 15 is 0 Å². The van der Waals surface area contributed by atoms with Gasteiger partial charge in [-0.15, -0.1) is 0 Å². The second kappa shape index (κ2) is 6.18. The highest BCUT2D eigenvalue weighted by Crippen LogP contribution is 2.24. The molecule has 2 rings (SSSR count). The highest BCUT2D eigenvalue weighted by atomic mass is 16.2. The summed E-state index contributed by atoms with van der Waals surface area (Å²) in [7, 11) is 0. The largest absolute Gasteiger partial charge is 0.273 e. The van der Waals surface area contributed by atoms with Crippen molar-refractivity contribution in [2.45, 2.75) is 64.7 Å². The van der Waals surface area contributed by atoms with Crippen LogP contribution in [0.1, 0.15) is 64.7 Å². The minimum atomic E-state index is 0.149. The summed E-state index contributed by atoms with van der Waals surface area (Å²) in [4.78, 5) is 11.9. The molecule has 0 saturated heterocycles. The molecule has 1 N–H and O–H groups in total. The Morgan fingerprint density at radius 2 is 1.94 bits per heavy atom. The SMILES string of the molecule is CC1CCC/C(=N/NC(=O)C2CCCCC2)C1. The van der Waals surface area contributed by atoms with Crippen molar-refractivity contribution in [2.24, 2.45) is 16.9 Å². The Hall–Kier alpha value is -0.860. The lowest BCUT2D eigenvalue weighted by molar-refractivity contribution is -0.125. The molecule has 2 saturated carbocycles. The molecule has 1 unspecified atom stereocenters. The van der Waals surface area contributed by atoms with Gasteiger partial charge >= 0.3 is 0 Å². The van der Waals surface area contributed by atoms with Gasteiger partial charge in [-0.2, -0.15) is 5.10 Å². The number of hydrogen-bond donors (Lipinski definition) is 1. The molecular weight excluding hydrogens is 212 g/mol. The van der Waals surface area contributed by atoms with Gasteiger partial charge in [-0.3, -0.25) is 4.79 Å². The van der Waals surface area contributed by atoms with Gasteiger partial charge < -0.3 is 0 Å².